The van der Waals surface area contributed by atoms with E-state index in [0.717, 1.165) is 0 Å². The van der Waals surface area contributed by atoms with Crippen LogP contribution in [0.2, 0.25) is 0 Å². The topological polar surface area (TPSA) is 80.3 Å². The van der Waals surface area contributed by atoms with Gasteiger partial charge < -0.3 is 23.7 Å². The van der Waals surface area contributed by atoms with Crippen molar-refractivity contribution < 1.29 is 33.3 Å². The molecule has 1 aromatic rings. The number of carbonyl (C=O) groups excluding carboxylic acids is 2. The summed E-state index contributed by atoms with van der Waals surface area (Å²) in [5.41, 5.74) is -1.38. The molecule has 31 heavy (non-hydrogen) atoms. The Balaban J connectivity index is 3.10. The Hall–Kier alpha value is -1.96. The molecule has 176 valence electrons. The van der Waals surface area contributed by atoms with Gasteiger partial charge in [0.25, 0.3) is 0 Å². The van der Waals surface area contributed by atoms with E-state index in [2.05, 4.69) is 15.9 Å². The number of carbonyl (C=O) groups is 2. The van der Waals surface area contributed by atoms with Crippen molar-refractivity contribution in [3.63, 3.8) is 0 Å². The van der Waals surface area contributed by atoms with E-state index in [0.29, 0.717) is 16.8 Å². The maximum absolute atomic E-state index is 12.1. The standard InChI is InChI=1S/C23H35BrO7/c1-21(2,3)14-29-17-11-15(24)10-16(27-12-18(25)30-22(4,5)6)20(17)28-13-19(26)31-23(7,8)9/h10-11H,12-14H2,1-9H3. The van der Waals surface area contributed by atoms with E-state index in [1.807, 2.05) is 20.8 Å². The van der Waals surface area contributed by atoms with Gasteiger partial charge in [0.1, 0.15) is 11.2 Å². The summed E-state index contributed by atoms with van der Waals surface area (Å²) in [6, 6.07) is 3.36. The zero-order valence-corrected chi connectivity index (χ0v) is 21.6. The van der Waals surface area contributed by atoms with Crippen LogP contribution < -0.4 is 14.2 Å². The summed E-state index contributed by atoms with van der Waals surface area (Å²) in [7, 11) is 0. The Bertz CT molecular complexity index is 768. The van der Waals surface area contributed by atoms with Crippen LogP contribution >= 0.6 is 15.9 Å². The molecule has 1 aromatic carbocycles. The molecule has 0 fully saturated rings. The van der Waals surface area contributed by atoms with Gasteiger partial charge in [-0.3, -0.25) is 0 Å². The zero-order valence-electron chi connectivity index (χ0n) is 20.0. The molecular weight excluding hydrogens is 468 g/mol. The van der Waals surface area contributed by atoms with Crippen molar-refractivity contribution in [1.29, 1.82) is 0 Å². The second kappa shape index (κ2) is 10.6. The van der Waals surface area contributed by atoms with Crippen molar-refractivity contribution in [3.8, 4) is 17.2 Å². The van der Waals surface area contributed by atoms with Crippen molar-refractivity contribution in [3.05, 3.63) is 16.6 Å². The molecule has 0 atom stereocenters. The number of esters is 2. The van der Waals surface area contributed by atoms with Gasteiger partial charge in [-0.25, -0.2) is 9.59 Å². The predicted molar refractivity (Wildman–Crippen MR) is 122 cm³/mol. The number of halogens is 1. The zero-order chi connectivity index (χ0) is 24.0. The summed E-state index contributed by atoms with van der Waals surface area (Å²) in [5.74, 6) is -0.223. The van der Waals surface area contributed by atoms with Gasteiger partial charge in [0.05, 0.1) is 6.61 Å². The van der Waals surface area contributed by atoms with Crippen molar-refractivity contribution in [1.82, 2.24) is 0 Å². The molecule has 0 aliphatic heterocycles. The van der Waals surface area contributed by atoms with Gasteiger partial charge in [-0.15, -0.1) is 0 Å². The van der Waals surface area contributed by atoms with E-state index in [-0.39, 0.29) is 30.1 Å². The maximum Gasteiger partial charge on any atom is 0.344 e. The summed E-state index contributed by atoms with van der Waals surface area (Å²) >= 11 is 3.42. The van der Waals surface area contributed by atoms with Crippen LogP contribution in [0.4, 0.5) is 0 Å². The first-order chi connectivity index (χ1) is 14.0. The highest BCUT2D eigenvalue weighted by Gasteiger charge is 2.23. The van der Waals surface area contributed by atoms with Crippen LogP contribution in [-0.2, 0) is 19.1 Å². The van der Waals surface area contributed by atoms with Gasteiger partial charge in [0, 0.05) is 4.47 Å². The third-order valence-corrected chi connectivity index (χ3v) is 3.62. The third-order valence-electron chi connectivity index (χ3n) is 3.17. The SMILES string of the molecule is CC(C)(C)COc1cc(Br)cc(OCC(=O)OC(C)(C)C)c1OCC(=O)OC(C)(C)C. The van der Waals surface area contributed by atoms with Gasteiger partial charge in [-0.2, -0.15) is 0 Å². The van der Waals surface area contributed by atoms with Gasteiger partial charge in [-0.1, -0.05) is 36.7 Å². The highest BCUT2D eigenvalue weighted by Crippen LogP contribution is 2.41. The number of hydrogen-bond acceptors (Lipinski definition) is 7. The molecule has 0 saturated carbocycles. The summed E-state index contributed by atoms with van der Waals surface area (Å²) in [6.07, 6.45) is 0. The second-order valence-electron chi connectivity index (χ2n) is 10.3. The molecule has 1 rings (SSSR count). The fourth-order valence-electron chi connectivity index (χ4n) is 2.21. The second-order valence-corrected chi connectivity index (χ2v) is 11.2. The molecule has 0 aromatic heterocycles. The van der Waals surface area contributed by atoms with Crippen LogP contribution in [0.25, 0.3) is 0 Å². The summed E-state index contributed by atoms with van der Waals surface area (Å²) in [6.45, 7) is 16.5. The average molecular weight is 503 g/mol. The lowest BCUT2D eigenvalue weighted by molar-refractivity contribution is -0.158. The minimum atomic E-state index is -0.637. The van der Waals surface area contributed by atoms with Crippen LogP contribution in [0.15, 0.2) is 16.6 Å². The van der Waals surface area contributed by atoms with Crippen LogP contribution in [-0.4, -0.2) is 43.0 Å². The Morgan fingerprint density at radius 1 is 0.742 bits per heavy atom. The van der Waals surface area contributed by atoms with Crippen LogP contribution in [0.1, 0.15) is 62.3 Å². The average Bonchev–Trinajstić information content (AvgIpc) is 2.53. The minimum absolute atomic E-state index is 0.109. The minimum Gasteiger partial charge on any atom is -0.489 e. The normalized spacial score (nSPS) is 12.2. The molecule has 0 N–H and O–H groups in total. The molecule has 0 bridgehead atoms. The molecule has 0 aliphatic rings. The highest BCUT2D eigenvalue weighted by atomic mass is 79.9. The van der Waals surface area contributed by atoms with Crippen molar-refractivity contribution in [2.45, 2.75) is 73.5 Å². The van der Waals surface area contributed by atoms with E-state index in [1.54, 1.807) is 53.7 Å². The molecule has 8 heteroatoms. The van der Waals surface area contributed by atoms with Crippen LogP contribution in [0.3, 0.4) is 0 Å². The molecule has 0 unspecified atom stereocenters. The fraction of sp³-hybridized carbons (Fsp3) is 0.652. The summed E-state index contributed by atoms with van der Waals surface area (Å²) < 4.78 is 28.6. The first-order valence-corrected chi connectivity index (χ1v) is 10.9. The number of rotatable bonds is 8. The quantitative estimate of drug-likeness (QED) is 0.445. The molecule has 7 nitrogen and oxygen atoms in total. The van der Waals surface area contributed by atoms with Gasteiger partial charge >= 0.3 is 11.9 Å². The van der Waals surface area contributed by atoms with E-state index in [4.69, 9.17) is 23.7 Å². The van der Waals surface area contributed by atoms with Crippen LogP contribution in [0, 0.1) is 5.41 Å². The molecule has 0 amide bonds. The van der Waals surface area contributed by atoms with Crippen molar-refractivity contribution in [2.24, 2.45) is 5.41 Å². The van der Waals surface area contributed by atoms with E-state index in [1.165, 1.54) is 0 Å². The number of benzene rings is 1. The number of hydrogen-bond donors (Lipinski definition) is 0. The Morgan fingerprint density at radius 3 is 1.58 bits per heavy atom. The Morgan fingerprint density at radius 2 is 1.16 bits per heavy atom. The summed E-state index contributed by atoms with van der Waals surface area (Å²) in [5, 5.41) is 0. The van der Waals surface area contributed by atoms with Crippen molar-refractivity contribution in [2.75, 3.05) is 19.8 Å². The van der Waals surface area contributed by atoms with Gasteiger partial charge in [0.15, 0.2) is 24.7 Å². The van der Waals surface area contributed by atoms with E-state index >= 15 is 0 Å². The fourth-order valence-corrected chi connectivity index (χ4v) is 2.62. The molecule has 0 aliphatic carbocycles. The Kier molecular flexibility index (Phi) is 9.23. The smallest absolute Gasteiger partial charge is 0.344 e. The van der Waals surface area contributed by atoms with E-state index in [9.17, 15) is 9.59 Å². The van der Waals surface area contributed by atoms with Crippen molar-refractivity contribution >= 4 is 27.9 Å². The molecule has 0 spiro atoms. The lowest BCUT2D eigenvalue weighted by Gasteiger charge is -2.23. The number of ether oxygens (including phenoxy) is 5. The lowest BCUT2D eigenvalue weighted by atomic mass is 9.99. The summed E-state index contributed by atoms with van der Waals surface area (Å²) in [4.78, 5) is 24.2. The first kappa shape index (κ1) is 27.1. The third kappa shape index (κ3) is 11.9. The van der Waals surface area contributed by atoms with Crippen LogP contribution in [0.5, 0.6) is 17.2 Å². The first-order valence-electron chi connectivity index (χ1n) is 10.1. The molecule has 0 radical (unpaired) electrons. The monoisotopic (exact) mass is 502 g/mol. The van der Waals surface area contributed by atoms with Gasteiger partial charge in [0.2, 0.25) is 5.75 Å². The molecule has 0 heterocycles. The largest absolute Gasteiger partial charge is 0.489 e. The van der Waals surface area contributed by atoms with Gasteiger partial charge in [-0.05, 0) is 59.1 Å². The Labute approximate surface area is 193 Å². The highest BCUT2D eigenvalue weighted by molar-refractivity contribution is 9.10. The van der Waals surface area contributed by atoms with E-state index < -0.39 is 23.1 Å². The maximum atomic E-state index is 12.1. The lowest BCUT2D eigenvalue weighted by Crippen LogP contribution is -2.28. The molecule has 0 saturated heterocycles. The predicted octanol–water partition coefficient (Wildman–Crippen LogP) is 5.32. The molecular formula is C23H35BrO7.